The first-order valence-electron chi connectivity index (χ1n) is 21.7. The Hall–Kier alpha value is -4.61. The second kappa shape index (κ2) is 18.0. The standard InChI is InChI=1S/C45H61N9O6S/c1-8-52-38-12-11-29-20-32(38)34(41(52)33-21-31(24-46-40(33)28(2)59-7)51-18-16-50(5)17-19-51)23-45(3,4)27-60-43(56)35-10-9-14-54(49-35)42(55)36(22-39-47-37(29)26-61-39)48-44(57)53-15-13-30(53)25-58-6/h11-12,20-21,24,26,28,30,35-36,49H,8-10,13-19,22-23,25,27H2,1-7H3,(H,48,57)/t28-,30-,35-,36-/m0/s1. The van der Waals surface area contributed by atoms with Gasteiger partial charge in [-0.05, 0) is 70.3 Å². The molecule has 3 aromatic heterocycles. The molecule has 0 saturated carbocycles. The lowest BCUT2D eigenvalue weighted by Gasteiger charge is -2.41. The van der Waals surface area contributed by atoms with Crippen LogP contribution in [-0.2, 0) is 43.2 Å². The number of hydrogen-bond donors (Lipinski definition) is 2. The molecular weight excluding hydrogens is 795 g/mol. The number of aryl methyl sites for hydroxylation is 1. The number of methoxy groups -OCH3 is 2. The van der Waals surface area contributed by atoms with E-state index in [1.165, 1.54) is 16.3 Å². The van der Waals surface area contributed by atoms with Crippen LogP contribution in [0.4, 0.5) is 10.5 Å². The molecule has 0 spiro atoms. The molecule has 16 heteroatoms. The van der Waals surface area contributed by atoms with E-state index in [2.05, 4.69) is 77.2 Å². The molecule has 6 bridgehead atoms. The van der Waals surface area contributed by atoms with Gasteiger partial charge in [0.2, 0.25) is 0 Å². The SMILES string of the molecule is CCn1c(-c2cc(N3CCN(C)CC3)cnc2[C@H](C)OC)c2c3cc(ccc31)-c1csc(n1)C[C@H](NC(=O)N1CC[C@H]1COC)C(=O)N1CCC[C@H](N1)C(=O)OCC(C)(C)C2. The summed E-state index contributed by atoms with van der Waals surface area (Å²) in [4.78, 5) is 58.5. The number of rotatable bonds is 8. The number of pyridine rings is 1. The number of carbonyl (C=O) groups is 3. The summed E-state index contributed by atoms with van der Waals surface area (Å²) in [5.74, 6) is -0.723. The Morgan fingerprint density at radius 2 is 1.90 bits per heavy atom. The number of benzene rings is 1. The highest BCUT2D eigenvalue weighted by Crippen LogP contribution is 2.43. The van der Waals surface area contributed by atoms with Crippen molar-refractivity contribution >= 4 is 45.8 Å². The maximum atomic E-state index is 14.3. The number of hydrazine groups is 1. The summed E-state index contributed by atoms with van der Waals surface area (Å²) in [7, 11) is 5.51. The van der Waals surface area contributed by atoms with Crippen LogP contribution in [-0.4, -0.2) is 139 Å². The summed E-state index contributed by atoms with van der Waals surface area (Å²) in [6, 6.07) is 6.83. The summed E-state index contributed by atoms with van der Waals surface area (Å²) < 4.78 is 19.8. The van der Waals surface area contributed by atoms with E-state index in [1.54, 1.807) is 19.1 Å². The molecule has 4 atom stereocenters. The highest BCUT2D eigenvalue weighted by atomic mass is 32.1. The van der Waals surface area contributed by atoms with E-state index in [9.17, 15) is 14.4 Å². The number of cyclic esters (lactones) is 1. The summed E-state index contributed by atoms with van der Waals surface area (Å²) in [5.41, 5.74) is 10.7. The number of aromatic nitrogens is 3. The predicted octanol–water partition coefficient (Wildman–Crippen LogP) is 5.27. The molecule has 328 valence electrons. The Labute approximate surface area is 362 Å². The Balaban J connectivity index is 1.24. The molecule has 61 heavy (non-hydrogen) atoms. The van der Waals surface area contributed by atoms with Crippen molar-refractivity contribution in [1.29, 1.82) is 0 Å². The van der Waals surface area contributed by atoms with Gasteiger partial charge in [-0.15, -0.1) is 11.3 Å². The third kappa shape index (κ3) is 8.87. The van der Waals surface area contributed by atoms with Crippen molar-refractivity contribution < 1.29 is 28.6 Å². The van der Waals surface area contributed by atoms with E-state index in [1.807, 2.05) is 18.5 Å². The molecule has 4 aliphatic rings. The number of likely N-dealkylation sites (N-methyl/N-ethyl adjacent to an activating group) is 1. The largest absolute Gasteiger partial charge is 0.464 e. The van der Waals surface area contributed by atoms with Gasteiger partial charge in [0.25, 0.3) is 5.91 Å². The van der Waals surface area contributed by atoms with Gasteiger partial charge < -0.3 is 38.8 Å². The zero-order chi connectivity index (χ0) is 43.0. The van der Waals surface area contributed by atoms with Gasteiger partial charge in [-0.3, -0.25) is 19.6 Å². The van der Waals surface area contributed by atoms with Crippen molar-refractivity contribution in [3.05, 3.63) is 52.1 Å². The van der Waals surface area contributed by atoms with Crippen LogP contribution in [0.25, 0.3) is 33.4 Å². The second-order valence-electron chi connectivity index (χ2n) is 17.8. The van der Waals surface area contributed by atoms with Gasteiger partial charge in [0.15, 0.2) is 0 Å². The lowest BCUT2D eigenvalue weighted by molar-refractivity contribution is -0.155. The van der Waals surface area contributed by atoms with E-state index >= 15 is 0 Å². The topological polar surface area (TPSA) is 147 Å². The fraction of sp³-hybridized carbons (Fsp3) is 0.578. The average molecular weight is 856 g/mol. The number of amides is 3. The number of hydrogen-bond acceptors (Lipinski definition) is 12. The van der Waals surface area contributed by atoms with Crippen molar-refractivity contribution in [2.75, 3.05) is 78.6 Å². The maximum Gasteiger partial charge on any atom is 0.324 e. The molecule has 4 aromatic rings. The number of thiazole rings is 1. The van der Waals surface area contributed by atoms with Gasteiger partial charge in [-0.25, -0.2) is 15.2 Å². The molecule has 2 N–H and O–H groups in total. The molecule has 3 fully saturated rings. The maximum absolute atomic E-state index is 14.3. The zero-order valence-corrected chi connectivity index (χ0v) is 37.5. The van der Waals surface area contributed by atoms with Crippen LogP contribution < -0.4 is 15.6 Å². The second-order valence-corrected chi connectivity index (χ2v) is 18.7. The Morgan fingerprint density at radius 3 is 2.62 bits per heavy atom. The third-order valence-corrected chi connectivity index (χ3v) is 13.7. The number of nitrogens with zero attached hydrogens (tertiary/aromatic N) is 7. The highest BCUT2D eigenvalue weighted by Gasteiger charge is 2.38. The van der Waals surface area contributed by atoms with Crippen LogP contribution in [0.3, 0.4) is 0 Å². The minimum Gasteiger partial charge on any atom is -0.464 e. The number of carbonyl (C=O) groups excluding carboxylic acids is 3. The molecule has 1 aromatic carbocycles. The molecule has 15 nitrogen and oxygen atoms in total. The summed E-state index contributed by atoms with van der Waals surface area (Å²) in [6.45, 7) is 14.6. The number of nitrogens with one attached hydrogen (secondary N) is 2. The van der Waals surface area contributed by atoms with E-state index in [0.717, 1.165) is 94.5 Å². The first-order valence-corrected chi connectivity index (χ1v) is 22.6. The predicted molar refractivity (Wildman–Crippen MR) is 236 cm³/mol. The number of fused-ring (bicyclic) bond motifs is 6. The summed E-state index contributed by atoms with van der Waals surface area (Å²) in [6.07, 6.45) is 4.50. The molecule has 7 heterocycles. The molecule has 3 saturated heterocycles. The van der Waals surface area contributed by atoms with Crippen LogP contribution in [0.15, 0.2) is 35.8 Å². The van der Waals surface area contributed by atoms with Crippen LogP contribution >= 0.6 is 11.3 Å². The summed E-state index contributed by atoms with van der Waals surface area (Å²) >= 11 is 1.47. The van der Waals surface area contributed by atoms with Crippen molar-refractivity contribution in [1.82, 2.24) is 40.1 Å². The van der Waals surface area contributed by atoms with Gasteiger partial charge in [0.1, 0.15) is 12.1 Å². The fourth-order valence-electron chi connectivity index (χ4n) is 9.14. The third-order valence-electron chi connectivity index (χ3n) is 12.8. The molecule has 3 amide bonds. The first kappa shape index (κ1) is 43.1. The molecule has 4 aliphatic heterocycles. The molecular formula is C45H61N9O6S. The first-order chi connectivity index (χ1) is 29.4. The Bertz CT molecular complexity index is 2250. The molecule has 0 radical (unpaired) electrons. The lowest BCUT2D eigenvalue weighted by Crippen LogP contribution is -2.63. The fourth-order valence-corrected chi connectivity index (χ4v) is 9.99. The minimum absolute atomic E-state index is 0.0442. The van der Waals surface area contributed by atoms with Crippen LogP contribution in [0.5, 0.6) is 0 Å². The Morgan fingerprint density at radius 1 is 1.10 bits per heavy atom. The number of urea groups is 1. The molecule has 8 rings (SSSR count). The molecule has 0 aliphatic carbocycles. The summed E-state index contributed by atoms with van der Waals surface area (Å²) in [5, 5.41) is 8.35. The van der Waals surface area contributed by atoms with Gasteiger partial charge in [0, 0.05) is 99.3 Å². The van der Waals surface area contributed by atoms with Crippen molar-refractivity contribution in [2.24, 2.45) is 5.41 Å². The highest BCUT2D eigenvalue weighted by molar-refractivity contribution is 7.10. The quantitative estimate of drug-likeness (QED) is 0.224. The van der Waals surface area contributed by atoms with E-state index in [-0.39, 0.29) is 37.1 Å². The monoisotopic (exact) mass is 855 g/mol. The van der Waals surface area contributed by atoms with Crippen molar-refractivity contribution in [3.8, 4) is 22.5 Å². The number of esters is 1. The van der Waals surface area contributed by atoms with E-state index in [0.29, 0.717) is 39.0 Å². The van der Waals surface area contributed by atoms with Gasteiger partial charge in [-0.2, -0.15) is 0 Å². The zero-order valence-electron chi connectivity index (χ0n) is 36.7. The number of likely N-dealkylation sites (tertiary alicyclic amines) is 1. The van der Waals surface area contributed by atoms with Gasteiger partial charge in [0.05, 0.1) is 59.3 Å². The average Bonchev–Trinajstić information content (AvgIpc) is 3.84. The minimum atomic E-state index is -0.912. The van der Waals surface area contributed by atoms with E-state index < -0.39 is 23.5 Å². The number of piperazine rings is 1. The Kier molecular flexibility index (Phi) is 12.7. The van der Waals surface area contributed by atoms with Gasteiger partial charge >= 0.3 is 12.0 Å². The number of ether oxygens (including phenoxy) is 3. The van der Waals surface area contributed by atoms with Crippen molar-refractivity contribution in [3.63, 3.8) is 0 Å². The smallest absolute Gasteiger partial charge is 0.324 e. The van der Waals surface area contributed by atoms with Crippen molar-refractivity contribution in [2.45, 2.75) is 90.6 Å². The number of anilines is 1. The van der Waals surface area contributed by atoms with Gasteiger partial charge in [-0.1, -0.05) is 19.9 Å². The van der Waals surface area contributed by atoms with Crippen LogP contribution in [0.1, 0.15) is 69.3 Å². The lowest BCUT2D eigenvalue weighted by atomic mass is 9.84. The van der Waals surface area contributed by atoms with E-state index in [4.69, 9.17) is 24.2 Å². The van der Waals surface area contributed by atoms with Crippen LogP contribution in [0, 0.1) is 5.41 Å². The normalized spacial score (nSPS) is 23.1. The molecule has 0 unspecified atom stereocenters. The van der Waals surface area contributed by atoms with Crippen LogP contribution in [0.2, 0.25) is 0 Å².